The molecule has 230 valence electrons. The number of nitrogens with zero attached hydrogens (tertiary/aromatic N) is 4. The highest BCUT2D eigenvalue weighted by Crippen LogP contribution is 2.51. The lowest BCUT2D eigenvalue weighted by molar-refractivity contribution is -0.149. The Hall–Kier alpha value is -3.74. The average Bonchev–Trinajstić information content (AvgIpc) is 3.49. The first kappa shape index (κ1) is 30.3. The van der Waals surface area contributed by atoms with Gasteiger partial charge in [-0.25, -0.2) is 8.42 Å². The number of carbonyl (C=O) groups is 1. The molecule has 0 N–H and O–H groups in total. The van der Waals surface area contributed by atoms with Gasteiger partial charge in [0.1, 0.15) is 6.10 Å². The third kappa shape index (κ3) is 5.85. The predicted molar refractivity (Wildman–Crippen MR) is 168 cm³/mol. The predicted octanol–water partition coefficient (Wildman–Crippen LogP) is 5.26. The molecule has 3 fully saturated rings. The van der Waals surface area contributed by atoms with Crippen molar-refractivity contribution >= 4 is 21.5 Å². The average molecular weight is 613 g/mol. The Kier molecular flexibility index (Phi) is 8.75. The number of piperidine rings is 1. The van der Waals surface area contributed by atoms with Crippen LogP contribution < -0.4 is 4.90 Å². The summed E-state index contributed by atoms with van der Waals surface area (Å²) in [7, 11) is -3.56. The summed E-state index contributed by atoms with van der Waals surface area (Å²) in [5.41, 5.74) is 1.42. The molecule has 0 amide bonds. The minimum absolute atomic E-state index is 0.00150. The van der Waals surface area contributed by atoms with E-state index < -0.39 is 15.3 Å². The molecular formula is C35H40N4O4S. The third-order valence-electron chi connectivity index (χ3n) is 9.97. The van der Waals surface area contributed by atoms with Gasteiger partial charge in [0, 0.05) is 56.5 Å². The van der Waals surface area contributed by atoms with E-state index in [1.54, 1.807) is 12.1 Å². The Labute approximate surface area is 260 Å². The molecule has 0 spiro atoms. The number of anilines is 1. The van der Waals surface area contributed by atoms with E-state index in [9.17, 15) is 18.5 Å². The number of pyridine rings is 1. The van der Waals surface area contributed by atoms with E-state index in [1.807, 2.05) is 30.3 Å². The number of aromatic nitrogens is 1. The molecule has 3 heterocycles. The molecule has 6 rings (SSSR count). The van der Waals surface area contributed by atoms with Crippen LogP contribution in [-0.2, 0) is 24.8 Å². The summed E-state index contributed by atoms with van der Waals surface area (Å²) >= 11 is 0. The van der Waals surface area contributed by atoms with Crippen LogP contribution in [0, 0.1) is 29.1 Å². The number of hydrogen-bond donors (Lipinski definition) is 0. The van der Waals surface area contributed by atoms with E-state index in [-0.39, 0.29) is 33.7 Å². The fraction of sp³-hybridized carbons (Fsp3) is 0.457. The molecule has 9 heteroatoms. The first-order valence-corrected chi connectivity index (χ1v) is 17.2. The number of sulfone groups is 1. The van der Waals surface area contributed by atoms with E-state index >= 15 is 0 Å². The summed E-state index contributed by atoms with van der Waals surface area (Å²) in [5, 5.41) is 10.9. The van der Waals surface area contributed by atoms with Crippen LogP contribution in [-0.4, -0.2) is 63.1 Å². The lowest BCUT2D eigenvalue weighted by Crippen LogP contribution is -2.54. The summed E-state index contributed by atoms with van der Waals surface area (Å²) in [6.45, 7) is 6.26. The fourth-order valence-electron chi connectivity index (χ4n) is 7.83. The Morgan fingerprint density at radius 1 is 0.955 bits per heavy atom. The van der Waals surface area contributed by atoms with E-state index in [2.05, 4.69) is 33.0 Å². The Morgan fingerprint density at radius 2 is 1.61 bits per heavy atom. The molecule has 1 unspecified atom stereocenters. The molecule has 8 nitrogen and oxygen atoms in total. The monoisotopic (exact) mass is 612 g/mol. The lowest BCUT2D eigenvalue weighted by Gasteiger charge is -2.48. The number of ether oxygens (including phenoxy) is 1. The maximum atomic E-state index is 12.9. The Morgan fingerprint density at radius 3 is 2.25 bits per heavy atom. The van der Waals surface area contributed by atoms with Crippen LogP contribution in [0.5, 0.6) is 0 Å². The van der Waals surface area contributed by atoms with E-state index in [0.29, 0.717) is 5.92 Å². The van der Waals surface area contributed by atoms with Crippen molar-refractivity contribution in [1.82, 2.24) is 9.88 Å². The van der Waals surface area contributed by atoms with Crippen molar-refractivity contribution < 1.29 is 17.9 Å². The van der Waals surface area contributed by atoms with Crippen molar-refractivity contribution in [3.63, 3.8) is 0 Å². The summed E-state index contributed by atoms with van der Waals surface area (Å²) < 4.78 is 31.6. The maximum Gasteiger partial charge on any atom is 0.302 e. The van der Waals surface area contributed by atoms with Crippen molar-refractivity contribution in [3.05, 3.63) is 84.7 Å². The second-order valence-corrected chi connectivity index (χ2v) is 14.5. The van der Waals surface area contributed by atoms with Gasteiger partial charge in [-0.3, -0.25) is 9.78 Å². The summed E-state index contributed by atoms with van der Waals surface area (Å²) in [6, 6.07) is 23.2. The van der Waals surface area contributed by atoms with Gasteiger partial charge in [0.25, 0.3) is 0 Å². The zero-order chi connectivity index (χ0) is 30.7. The van der Waals surface area contributed by atoms with Crippen LogP contribution in [0.2, 0.25) is 0 Å². The Bertz CT molecular complexity index is 1580. The van der Waals surface area contributed by atoms with E-state index in [4.69, 9.17) is 4.74 Å². The lowest BCUT2D eigenvalue weighted by atomic mass is 9.59. The molecule has 3 aromatic rings. The first-order valence-electron chi connectivity index (χ1n) is 15.7. The molecule has 0 radical (unpaired) electrons. The largest absolute Gasteiger partial charge is 0.462 e. The number of carbonyl (C=O) groups excluding carboxylic acids is 1. The summed E-state index contributed by atoms with van der Waals surface area (Å²) in [4.78, 5) is 21.2. The van der Waals surface area contributed by atoms with Crippen molar-refractivity contribution in [2.75, 3.05) is 37.6 Å². The number of benzene rings is 2. The summed E-state index contributed by atoms with van der Waals surface area (Å²) in [6.07, 6.45) is 7.34. The minimum atomic E-state index is -3.56. The normalized spacial score (nSPS) is 23.0. The standard InChI is InChI=1S/C35H40N4O4S/c1-26(40)43-34-9-5-8-33(34)35(25-36,28-6-3-2-4-7-28)29-16-20-38(21-17-29)22-27-23-39(24-27)30-10-12-31(13-11-30)44(41,42)32-14-18-37-19-15-32/h2-4,6-7,10-15,18-19,27,29,33-34H,5,8-9,16-17,20-24H2,1H3/t33-,34-,35?/m0/s1. The zero-order valence-corrected chi connectivity index (χ0v) is 26.0. The molecule has 0 bridgehead atoms. The molecule has 1 aliphatic carbocycles. The topological polar surface area (TPSA) is 104 Å². The maximum absolute atomic E-state index is 12.9. The number of esters is 1. The number of rotatable bonds is 9. The van der Waals surface area contributed by atoms with E-state index in [1.165, 1.54) is 31.5 Å². The van der Waals surface area contributed by atoms with Gasteiger partial charge in [-0.2, -0.15) is 5.26 Å². The number of nitriles is 1. The molecule has 2 saturated heterocycles. The zero-order valence-electron chi connectivity index (χ0n) is 25.2. The van der Waals surface area contributed by atoms with Gasteiger partial charge in [0.2, 0.25) is 9.84 Å². The van der Waals surface area contributed by atoms with Gasteiger partial charge >= 0.3 is 5.97 Å². The van der Waals surface area contributed by atoms with Gasteiger partial charge in [-0.1, -0.05) is 30.3 Å². The molecule has 2 aliphatic heterocycles. The highest BCUT2D eigenvalue weighted by Gasteiger charge is 2.53. The highest BCUT2D eigenvalue weighted by molar-refractivity contribution is 7.91. The molecule has 44 heavy (non-hydrogen) atoms. The van der Waals surface area contributed by atoms with Crippen molar-refractivity contribution in [3.8, 4) is 6.07 Å². The molecule has 1 aromatic heterocycles. The number of likely N-dealkylation sites (tertiary alicyclic amines) is 1. The molecule has 3 aliphatic rings. The smallest absolute Gasteiger partial charge is 0.302 e. The molecule has 3 atom stereocenters. The van der Waals surface area contributed by atoms with Crippen LogP contribution in [0.15, 0.2) is 88.9 Å². The van der Waals surface area contributed by atoms with Crippen molar-refractivity contribution in [2.45, 2.75) is 60.3 Å². The van der Waals surface area contributed by atoms with Gasteiger partial charge < -0.3 is 14.5 Å². The van der Waals surface area contributed by atoms with Gasteiger partial charge in [-0.05, 0) is 93.1 Å². The van der Waals surface area contributed by atoms with Crippen LogP contribution in [0.1, 0.15) is 44.6 Å². The quantitative estimate of drug-likeness (QED) is 0.302. The fourth-order valence-corrected chi connectivity index (χ4v) is 9.07. The van der Waals surface area contributed by atoms with Crippen LogP contribution >= 0.6 is 0 Å². The van der Waals surface area contributed by atoms with Crippen molar-refractivity contribution in [2.24, 2.45) is 17.8 Å². The highest BCUT2D eigenvalue weighted by atomic mass is 32.2. The van der Waals surface area contributed by atoms with E-state index in [0.717, 1.165) is 76.1 Å². The second kappa shape index (κ2) is 12.7. The van der Waals surface area contributed by atoms with Crippen LogP contribution in [0.25, 0.3) is 0 Å². The number of hydrogen-bond acceptors (Lipinski definition) is 8. The summed E-state index contributed by atoms with van der Waals surface area (Å²) in [5.74, 6) is 0.482. The van der Waals surface area contributed by atoms with Gasteiger partial charge in [0.15, 0.2) is 0 Å². The SMILES string of the molecule is CC(=O)O[C@H]1CCC[C@@H]1C(C#N)(c1ccccc1)C1CCN(CC2CN(c3ccc(S(=O)(=O)c4ccncc4)cc3)C2)CC1. The first-order chi connectivity index (χ1) is 21.3. The van der Waals surface area contributed by atoms with Crippen LogP contribution in [0.4, 0.5) is 5.69 Å². The second-order valence-electron chi connectivity index (χ2n) is 12.6. The van der Waals surface area contributed by atoms with Gasteiger partial charge in [-0.15, -0.1) is 0 Å². The minimum Gasteiger partial charge on any atom is -0.462 e. The molecular weight excluding hydrogens is 572 g/mol. The third-order valence-corrected chi connectivity index (χ3v) is 11.8. The van der Waals surface area contributed by atoms with Crippen molar-refractivity contribution in [1.29, 1.82) is 5.26 Å². The van der Waals surface area contributed by atoms with Gasteiger partial charge in [0.05, 0.1) is 21.3 Å². The Balaban J connectivity index is 1.06. The van der Waals surface area contributed by atoms with Crippen LogP contribution in [0.3, 0.4) is 0 Å². The molecule has 1 saturated carbocycles. The molecule has 2 aromatic carbocycles.